The molecule has 4 nitrogen and oxygen atoms in total. The van der Waals surface area contributed by atoms with Gasteiger partial charge < -0.3 is 5.32 Å². The summed E-state index contributed by atoms with van der Waals surface area (Å²) in [7, 11) is 1.92. The molecule has 2 heterocycles. The normalized spacial score (nSPS) is 10.6. The Bertz CT molecular complexity index is 538. The Morgan fingerprint density at radius 2 is 2.24 bits per heavy atom. The molecule has 0 aliphatic heterocycles. The van der Waals surface area contributed by atoms with E-state index in [1.165, 1.54) is 0 Å². The molecule has 0 atom stereocenters. The summed E-state index contributed by atoms with van der Waals surface area (Å²) in [5.74, 6) is 0. The molecule has 1 N–H and O–H groups in total. The van der Waals surface area contributed by atoms with E-state index in [2.05, 4.69) is 31.3 Å². The van der Waals surface area contributed by atoms with Crippen molar-refractivity contribution in [1.82, 2.24) is 14.8 Å². The summed E-state index contributed by atoms with van der Waals surface area (Å²) in [6, 6.07) is 1.90. The maximum absolute atomic E-state index is 5.99. The summed E-state index contributed by atoms with van der Waals surface area (Å²) in [6.07, 6.45) is 3.52. The smallest absolute Gasteiger partial charge is 0.152 e. The van der Waals surface area contributed by atoms with E-state index in [-0.39, 0.29) is 0 Å². The average Bonchev–Trinajstić information content (AvgIpc) is 2.62. The van der Waals surface area contributed by atoms with Gasteiger partial charge in [0.15, 0.2) is 5.15 Å². The fourth-order valence-corrected chi connectivity index (χ4v) is 1.96. The maximum Gasteiger partial charge on any atom is 0.152 e. The number of nitrogens with zero attached hydrogens (tertiary/aromatic N) is 3. The van der Waals surface area contributed by atoms with E-state index in [1.54, 1.807) is 6.20 Å². The van der Waals surface area contributed by atoms with Gasteiger partial charge in [-0.25, -0.2) is 4.98 Å². The zero-order valence-corrected chi connectivity index (χ0v) is 11.9. The fraction of sp³-hybridized carbons (Fsp3) is 0.273. The first-order chi connectivity index (χ1) is 8.08. The van der Waals surface area contributed by atoms with Crippen molar-refractivity contribution < 1.29 is 0 Å². The summed E-state index contributed by atoms with van der Waals surface area (Å²) >= 11 is 9.36. The van der Waals surface area contributed by atoms with Crippen LogP contribution in [-0.4, -0.2) is 14.8 Å². The lowest BCUT2D eigenvalue weighted by atomic mass is 10.2. The first kappa shape index (κ1) is 12.4. The van der Waals surface area contributed by atoms with Crippen molar-refractivity contribution in [3.05, 3.63) is 39.3 Å². The average molecular weight is 316 g/mol. The molecule has 0 aliphatic rings. The molecule has 0 radical (unpaired) electrons. The van der Waals surface area contributed by atoms with Crippen molar-refractivity contribution in [2.75, 3.05) is 5.32 Å². The standard InChI is InChI=1S/C11H12BrClN4/c1-7-8(5-16-17(7)2)4-14-10-3-9(12)6-15-11(10)13/h3,5-6,14H,4H2,1-2H3. The van der Waals surface area contributed by atoms with Crippen molar-refractivity contribution in [2.45, 2.75) is 13.5 Å². The number of hydrogen-bond acceptors (Lipinski definition) is 3. The molecule has 17 heavy (non-hydrogen) atoms. The van der Waals surface area contributed by atoms with Crippen LogP contribution < -0.4 is 5.32 Å². The second-order valence-corrected chi connectivity index (χ2v) is 5.00. The molecule has 2 aromatic heterocycles. The molecule has 0 aliphatic carbocycles. The predicted octanol–water partition coefficient (Wildman–Crippen LogP) is 3.15. The van der Waals surface area contributed by atoms with Crippen molar-refractivity contribution in [3.63, 3.8) is 0 Å². The van der Waals surface area contributed by atoms with Gasteiger partial charge in [0.25, 0.3) is 0 Å². The van der Waals surface area contributed by atoms with Gasteiger partial charge in [-0.05, 0) is 28.9 Å². The molecule has 0 spiro atoms. The molecule has 2 rings (SSSR count). The third-order valence-electron chi connectivity index (χ3n) is 2.61. The molecule has 6 heteroatoms. The van der Waals surface area contributed by atoms with Crippen molar-refractivity contribution in [3.8, 4) is 0 Å². The number of anilines is 1. The zero-order valence-electron chi connectivity index (χ0n) is 9.54. The highest BCUT2D eigenvalue weighted by Crippen LogP contribution is 2.23. The van der Waals surface area contributed by atoms with Crippen molar-refractivity contribution in [2.24, 2.45) is 7.05 Å². The molecule has 0 saturated carbocycles. The van der Waals surface area contributed by atoms with Crippen LogP contribution in [0.1, 0.15) is 11.3 Å². The van der Waals surface area contributed by atoms with Crippen LogP contribution in [0.25, 0.3) is 0 Å². The van der Waals surface area contributed by atoms with Crippen LogP contribution >= 0.6 is 27.5 Å². The molecule has 2 aromatic rings. The molecular weight excluding hydrogens is 304 g/mol. The summed E-state index contributed by atoms with van der Waals surface area (Å²) < 4.78 is 2.74. The maximum atomic E-state index is 5.99. The number of aryl methyl sites for hydroxylation is 1. The topological polar surface area (TPSA) is 42.7 Å². The van der Waals surface area contributed by atoms with Gasteiger partial charge in [0.05, 0.1) is 11.9 Å². The van der Waals surface area contributed by atoms with Crippen LogP contribution in [0, 0.1) is 6.92 Å². The highest BCUT2D eigenvalue weighted by molar-refractivity contribution is 9.10. The molecule has 0 bridgehead atoms. The van der Waals surface area contributed by atoms with Crippen LogP contribution in [0.3, 0.4) is 0 Å². The molecule has 0 saturated heterocycles. The minimum atomic E-state index is 0.467. The van der Waals surface area contributed by atoms with E-state index < -0.39 is 0 Å². The van der Waals surface area contributed by atoms with E-state index in [4.69, 9.17) is 11.6 Å². The first-order valence-corrected chi connectivity index (χ1v) is 6.27. The van der Waals surface area contributed by atoms with Crippen LogP contribution in [0.2, 0.25) is 5.15 Å². The van der Waals surface area contributed by atoms with E-state index in [1.807, 2.05) is 30.9 Å². The number of rotatable bonds is 3. The van der Waals surface area contributed by atoms with Gasteiger partial charge in [0.2, 0.25) is 0 Å². The Hall–Kier alpha value is -1.07. The van der Waals surface area contributed by atoms with Crippen LogP contribution in [-0.2, 0) is 13.6 Å². The number of halogens is 2. The van der Waals surface area contributed by atoms with Gasteiger partial charge in [-0.3, -0.25) is 4.68 Å². The Labute approximate surface area is 113 Å². The van der Waals surface area contributed by atoms with E-state index in [0.29, 0.717) is 11.7 Å². The summed E-state index contributed by atoms with van der Waals surface area (Å²) in [5, 5.41) is 7.90. The van der Waals surface area contributed by atoms with Gasteiger partial charge in [-0.2, -0.15) is 5.10 Å². The van der Waals surface area contributed by atoms with Crippen molar-refractivity contribution in [1.29, 1.82) is 0 Å². The third kappa shape index (κ3) is 2.79. The summed E-state index contributed by atoms with van der Waals surface area (Å²) in [4.78, 5) is 4.05. The molecular formula is C11H12BrClN4. The fourth-order valence-electron chi connectivity index (χ4n) is 1.45. The highest BCUT2D eigenvalue weighted by Gasteiger charge is 2.06. The monoisotopic (exact) mass is 314 g/mol. The van der Waals surface area contributed by atoms with Gasteiger partial charge in [-0.15, -0.1) is 0 Å². The lowest BCUT2D eigenvalue weighted by Gasteiger charge is -2.07. The van der Waals surface area contributed by atoms with Crippen LogP contribution in [0.5, 0.6) is 0 Å². The molecule has 0 unspecified atom stereocenters. The van der Waals surface area contributed by atoms with Gasteiger partial charge >= 0.3 is 0 Å². The number of pyridine rings is 1. The molecule has 0 aromatic carbocycles. The largest absolute Gasteiger partial charge is 0.378 e. The highest BCUT2D eigenvalue weighted by atomic mass is 79.9. The van der Waals surface area contributed by atoms with Gasteiger partial charge in [0, 0.05) is 35.5 Å². The Balaban J connectivity index is 2.12. The van der Waals surface area contributed by atoms with Crippen LogP contribution in [0.15, 0.2) is 22.9 Å². The predicted molar refractivity (Wildman–Crippen MR) is 72.2 cm³/mol. The Kier molecular flexibility index (Phi) is 3.69. The van der Waals surface area contributed by atoms with Crippen molar-refractivity contribution >= 4 is 33.2 Å². The Morgan fingerprint density at radius 3 is 2.88 bits per heavy atom. The second kappa shape index (κ2) is 5.06. The number of nitrogens with one attached hydrogen (secondary N) is 1. The van der Waals surface area contributed by atoms with Gasteiger partial charge in [-0.1, -0.05) is 11.6 Å². The lowest BCUT2D eigenvalue weighted by Crippen LogP contribution is -2.02. The van der Waals surface area contributed by atoms with Crippen LogP contribution in [0.4, 0.5) is 5.69 Å². The lowest BCUT2D eigenvalue weighted by molar-refractivity contribution is 0.738. The van der Waals surface area contributed by atoms with E-state index >= 15 is 0 Å². The number of hydrogen-bond donors (Lipinski definition) is 1. The second-order valence-electron chi connectivity index (χ2n) is 3.72. The van der Waals surface area contributed by atoms with Gasteiger partial charge in [0.1, 0.15) is 0 Å². The number of aromatic nitrogens is 3. The summed E-state index contributed by atoms with van der Waals surface area (Å²) in [5.41, 5.74) is 3.09. The first-order valence-electron chi connectivity index (χ1n) is 5.10. The molecule has 0 amide bonds. The van der Waals surface area contributed by atoms with E-state index in [0.717, 1.165) is 21.4 Å². The zero-order chi connectivity index (χ0) is 12.4. The minimum Gasteiger partial charge on any atom is -0.378 e. The Morgan fingerprint density at radius 1 is 1.47 bits per heavy atom. The quantitative estimate of drug-likeness (QED) is 0.885. The minimum absolute atomic E-state index is 0.467. The summed E-state index contributed by atoms with van der Waals surface area (Å²) in [6.45, 7) is 2.71. The van der Waals surface area contributed by atoms with E-state index in [9.17, 15) is 0 Å². The molecule has 90 valence electrons. The third-order valence-corrected chi connectivity index (χ3v) is 3.35. The SMILES string of the molecule is Cc1c(CNc2cc(Br)cnc2Cl)cnn1C. The molecule has 0 fully saturated rings.